The van der Waals surface area contributed by atoms with Gasteiger partial charge in [-0.1, -0.05) is 12.8 Å². The van der Waals surface area contributed by atoms with Gasteiger partial charge in [0.25, 0.3) is 0 Å². The molecule has 1 aliphatic rings. The highest BCUT2D eigenvalue weighted by atomic mass is 16.6. The van der Waals surface area contributed by atoms with Crippen molar-refractivity contribution in [2.45, 2.75) is 38.6 Å². The van der Waals surface area contributed by atoms with Crippen LogP contribution in [-0.2, 0) is 0 Å². The maximum Gasteiger partial charge on any atom is 0.332 e. The van der Waals surface area contributed by atoms with E-state index in [2.05, 4.69) is 15.3 Å². The van der Waals surface area contributed by atoms with Crippen LogP contribution in [-0.4, -0.2) is 35.0 Å². The molecule has 1 fully saturated rings. The van der Waals surface area contributed by atoms with E-state index in [0.29, 0.717) is 23.5 Å². The summed E-state index contributed by atoms with van der Waals surface area (Å²) in [4.78, 5) is 21.1. The highest BCUT2D eigenvalue weighted by Gasteiger charge is 2.29. The van der Waals surface area contributed by atoms with Crippen molar-refractivity contribution in [1.29, 1.82) is 0 Å². The van der Waals surface area contributed by atoms with Gasteiger partial charge in [-0.15, -0.1) is 0 Å². The smallest absolute Gasteiger partial charge is 0.332 e. The molecule has 19 heavy (non-hydrogen) atoms. The molecule has 0 aliphatic heterocycles. The van der Waals surface area contributed by atoms with Crippen LogP contribution in [0, 0.1) is 17.0 Å². The first kappa shape index (κ1) is 13.5. The monoisotopic (exact) mass is 265 g/mol. The molecule has 0 atom stereocenters. The lowest BCUT2D eigenvalue weighted by Crippen LogP contribution is -2.30. The van der Waals surface area contributed by atoms with Crippen molar-refractivity contribution in [2.75, 3.05) is 24.3 Å². The molecule has 1 N–H and O–H groups in total. The zero-order valence-corrected chi connectivity index (χ0v) is 11.5. The van der Waals surface area contributed by atoms with Crippen LogP contribution in [0.2, 0.25) is 0 Å². The summed E-state index contributed by atoms with van der Waals surface area (Å²) >= 11 is 0. The van der Waals surface area contributed by atoms with Crippen LogP contribution in [0.15, 0.2) is 0 Å². The zero-order chi connectivity index (χ0) is 14.0. The minimum Gasteiger partial charge on any atom is -0.357 e. The number of aryl methyl sites for hydroxylation is 1. The van der Waals surface area contributed by atoms with Gasteiger partial charge in [0, 0.05) is 20.1 Å². The third-order valence-corrected chi connectivity index (χ3v) is 3.65. The molecule has 0 aromatic carbocycles. The van der Waals surface area contributed by atoms with Gasteiger partial charge in [0.15, 0.2) is 0 Å². The summed E-state index contributed by atoms with van der Waals surface area (Å²) in [6, 6.07) is 0.331. The summed E-state index contributed by atoms with van der Waals surface area (Å²) in [7, 11) is 3.59. The molecule has 0 saturated heterocycles. The van der Waals surface area contributed by atoms with Crippen molar-refractivity contribution in [3.63, 3.8) is 0 Å². The fraction of sp³-hybridized carbons (Fsp3) is 0.667. The molecule has 0 bridgehead atoms. The summed E-state index contributed by atoms with van der Waals surface area (Å²) in [5.74, 6) is 0.830. The SMILES string of the molecule is CNc1nc(C)c([N+](=O)[O-])c(N(C)C2CCCC2)n1. The van der Waals surface area contributed by atoms with Crippen molar-refractivity contribution in [3.8, 4) is 0 Å². The molecular weight excluding hydrogens is 246 g/mol. The Morgan fingerprint density at radius 1 is 1.37 bits per heavy atom. The maximum absolute atomic E-state index is 11.2. The molecule has 1 aliphatic carbocycles. The van der Waals surface area contributed by atoms with Crippen molar-refractivity contribution in [2.24, 2.45) is 0 Å². The van der Waals surface area contributed by atoms with Gasteiger partial charge in [-0.3, -0.25) is 10.1 Å². The fourth-order valence-electron chi connectivity index (χ4n) is 2.59. The summed E-state index contributed by atoms with van der Waals surface area (Å²) in [6.45, 7) is 1.65. The molecule has 7 heteroatoms. The first-order chi connectivity index (χ1) is 9.04. The number of rotatable bonds is 4. The van der Waals surface area contributed by atoms with Gasteiger partial charge in [0.1, 0.15) is 5.69 Å². The highest BCUT2D eigenvalue weighted by Crippen LogP contribution is 2.33. The minimum atomic E-state index is -0.393. The fourth-order valence-corrected chi connectivity index (χ4v) is 2.59. The van der Waals surface area contributed by atoms with E-state index in [1.807, 2.05) is 11.9 Å². The van der Waals surface area contributed by atoms with Gasteiger partial charge in [0.05, 0.1) is 4.92 Å². The Morgan fingerprint density at radius 2 is 2.00 bits per heavy atom. The van der Waals surface area contributed by atoms with E-state index in [1.165, 1.54) is 12.8 Å². The van der Waals surface area contributed by atoms with Gasteiger partial charge in [0.2, 0.25) is 11.8 Å². The number of hydrogen-bond donors (Lipinski definition) is 1. The standard InChI is InChI=1S/C12H19N5O2/c1-8-10(17(18)19)11(15-12(13-2)14-8)16(3)9-6-4-5-7-9/h9H,4-7H2,1-3H3,(H,13,14,15). The van der Waals surface area contributed by atoms with E-state index in [1.54, 1.807) is 14.0 Å². The average molecular weight is 265 g/mol. The van der Waals surface area contributed by atoms with Crippen molar-refractivity contribution >= 4 is 17.5 Å². The molecule has 1 saturated carbocycles. The number of hydrogen-bond acceptors (Lipinski definition) is 6. The summed E-state index contributed by atoms with van der Waals surface area (Å²) in [6.07, 6.45) is 4.47. The first-order valence-electron chi connectivity index (χ1n) is 6.48. The quantitative estimate of drug-likeness (QED) is 0.663. The van der Waals surface area contributed by atoms with E-state index < -0.39 is 4.92 Å². The topological polar surface area (TPSA) is 84.2 Å². The van der Waals surface area contributed by atoms with Gasteiger partial charge in [-0.05, 0) is 19.8 Å². The normalized spacial score (nSPS) is 15.5. The molecule has 0 amide bonds. The molecule has 2 rings (SSSR count). The number of nitrogens with one attached hydrogen (secondary N) is 1. The number of nitrogens with zero attached hydrogens (tertiary/aromatic N) is 4. The molecule has 0 spiro atoms. The van der Waals surface area contributed by atoms with Crippen LogP contribution < -0.4 is 10.2 Å². The van der Waals surface area contributed by atoms with E-state index in [-0.39, 0.29) is 5.69 Å². The Morgan fingerprint density at radius 3 is 2.53 bits per heavy atom. The molecule has 1 heterocycles. The van der Waals surface area contributed by atoms with Gasteiger partial charge < -0.3 is 10.2 Å². The van der Waals surface area contributed by atoms with E-state index in [0.717, 1.165) is 12.8 Å². The largest absolute Gasteiger partial charge is 0.357 e. The van der Waals surface area contributed by atoms with Crippen LogP contribution in [0.25, 0.3) is 0 Å². The highest BCUT2D eigenvalue weighted by molar-refractivity contribution is 5.62. The van der Waals surface area contributed by atoms with E-state index in [4.69, 9.17) is 0 Å². The Bertz CT molecular complexity index is 485. The van der Waals surface area contributed by atoms with Crippen LogP contribution in [0.1, 0.15) is 31.4 Å². The summed E-state index contributed by atoms with van der Waals surface area (Å²) in [5, 5.41) is 14.1. The second kappa shape index (κ2) is 5.38. The second-order valence-corrected chi connectivity index (χ2v) is 4.86. The number of aromatic nitrogens is 2. The Balaban J connectivity index is 2.45. The minimum absolute atomic E-state index is 0.00778. The number of nitro groups is 1. The predicted molar refractivity (Wildman–Crippen MR) is 73.6 cm³/mol. The van der Waals surface area contributed by atoms with Crippen molar-refractivity contribution in [3.05, 3.63) is 15.8 Å². The lowest BCUT2D eigenvalue weighted by atomic mass is 10.2. The molecule has 0 radical (unpaired) electrons. The van der Waals surface area contributed by atoms with Crippen LogP contribution >= 0.6 is 0 Å². The molecule has 0 unspecified atom stereocenters. The molecule has 104 valence electrons. The molecule has 7 nitrogen and oxygen atoms in total. The van der Waals surface area contributed by atoms with Crippen molar-refractivity contribution < 1.29 is 4.92 Å². The Labute approximate surface area is 112 Å². The average Bonchev–Trinajstić information content (AvgIpc) is 2.90. The maximum atomic E-state index is 11.2. The van der Waals surface area contributed by atoms with E-state index >= 15 is 0 Å². The lowest BCUT2D eigenvalue weighted by molar-refractivity contribution is -0.385. The van der Waals surface area contributed by atoms with Gasteiger partial charge in [-0.2, -0.15) is 4.98 Å². The third-order valence-electron chi connectivity index (χ3n) is 3.65. The predicted octanol–water partition coefficient (Wildman–Crippen LogP) is 2.11. The van der Waals surface area contributed by atoms with Crippen LogP contribution in [0.5, 0.6) is 0 Å². The van der Waals surface area contributed by atoms with Crippen molar-refractivity contribution in [1.82, 2.24) is 9.97 Å². The van der Waals surface area contributed by atoms with Crippen LogP contribution in [0.4, 0.5) is 17.5 Å². The van der Waals surface area contributed by atoms with E-state index in [9.17, 15) is 10.1 Å². The molecule has 1 aromatic heterocycles. The second-order valence-electron chi connectivity index (χ2n) is 4.86. The number of anilines is 2. The first-order valence-corrected chi connectivity index (χ1v) is 6.48. The zero-order valence-electron chi connectivity index (χ0n) is 11.5. The molecule has 1 aromatic rings. The van der Waals surface area contributed by atoms with Gasteiger partial charge in [-0.25, -0.2) is 4.98 Å². The Hall–Kier alpha value is -1.92. The van der Waals surface area contributed by atoms with Gasteiger partial charge >= 0.3 is 5.69 Å². The summed E-state index contributed by atoms with van der Waals surface area (Å²) < 4.78 is 0. The van der Waals surface area contributed by atoms with Crippen LogP contribution in [0.3, 0.4) is 0 Å². The third kappa shape index (κ3) is 2.59. The Kier molecular flexibility index (Phi) is 3.82. The lowest BCUT2D eigenvalue weighted by Gasteiger charge is -2.25. The molecular formula is C12H19N5O2. The summed E-state index contributed by atoms with van der Waals surface area (Å²) in [5.41, 5.74) is 0.401.